The number of hydrogen-bond acceptors (Lipinski definition) is 3. The van der Waals surface area contributed by atoms with Crippen LogP contribution in [-0.2, 0) is 6.54 Å². The number of carbonyl (C=O) groups excluding carboxylic acids is 1. The van der Waals surface area contributed by atoms with Crippen LogP contribution in [0, 0.1) is 17.3 Å². The molecule has 1 aromatic heterocycles. The van der Waals surface area contributed by atoms with Crippen molar-refractivity contribution in [3.8, 4) is 0 Å². The number of hydrogen-bond donors (Lipinski definition) is 2. The van der Waals surface area contributed by atoms with Crippen LogP contribution in [-0.4, -0.2) is 43.0 Å². The van der Waals surface area contributed by atoms with Crippen LogP contribution in [0.4, 0.5) is 13.6 Å². The molecule has 7 heteroatoms. The van der Waals surface area contributed by atoms with Crippen LogP contribution in [0.25, 0.3) is 0 Å². The number of nitrogens with zero attached hydrogens (tertiary/aromatic N) is 1. The molecule has 4 nitrogen and oxygen atoms in total. The molecule has 2 fully saturated rings. The summed E-state index contributed by atoms with van der Waals surface area (Å²) in [6.07, 6.45) is 2.22. The van der Waals surface area contributed by atoms with Crippen molar-refractivity contribution >= 4 is 17.4 Å². The lowest BCUT2D eigenvalue weighted by atomic mass is 9.98. The molecular formula is C18H27F2N3OS. The van der Waals surface area contributed by atoms with Gasteiger partial charge in [-0.25, -0.2) is 13.6 Å². The summed E-state index contributed by atoms with van der Waals surface area (Å²) < 4.78 is 27.0. The third-order valence-corrected chi connectivity index (χ3v) is 6.53. The highest BCUT2D eigenvalue weighted by molar-refractivity contribution is 7.09. The second-order valence-corrected chi connectivity index (χ2v) is 8.84. The number of rotatable bonds is 6. The maximum absolute atomic E-state index is 13.5. The summed E-state index contributed by atoms with van der Waals surface area (Å²) in [4.78, 5) is 15.7. The fraction of sp³-hybridized carbons (Fsp3) is 0.722. The number of alkyl halides is 2. The first-order chi connectivity index (χ1) is 11.8. The van der Waals surface area contributed by atoms with E-state index < -0.39 is 17.3 Å². The Morgan fingerprint density at radius 2 is 2.08 bits per heavy atom. The van der Waals surface area contributed by atoms with Gasteiger partial charge in [0.05, 0.1) is 5.92 Å². The Balaban J connectivity index is 1.36. The standard InChI is InChI=1S/C18H27F2N3OS/c1-17(2)15(18(17,19)20)10-22-16(24)21-9-13-5-3-7-23(11-13)12-14-6-4-8-25-14/h4,6,8,13,15H,3,5,7,9-12H2,1-2H3,(H2,21,22,24). The van der Waals surface area contributed by atoms with Crippen molar-refractivity contribution in [1.82, 2.24) is 15.5 Å². The SMILES string of the molecule is CC1(C)C(CNC(=O)NCC2CCCN(Cc3cccs3)C2)C1(F)F. The number of nitrogens with one attached hydrogen (secondary N) is 2. The Labute approximate surface area is 152 Å². The van der Waals surface area contributed by atoms with Crippen LogP contribution < -0.4 is 10.6 Å². The molecule has 1 aromatic rings. The first kappa shape index (κ1) is 18.6. The summed E-state index contributed by atoms with van der Waals surface area (Å²) in [5, 5.41) is 7.54. The summed E-state index contributed by atoms with van der Waals surface area (Å²) in [6.45, 7) is 6.73. The van der Waals surface area contributed by atoms with E-state index in [0.29, 0.717) is 12.5 Å². The zero-order valence-corrected chi connectivity index (χ0v) is 15.7. The van der Waals surface area contributed by atoms with Gasteiger partial charge in [0.2, 0.25) is 0 Å². The fourth-order valence-electron chi connectivity index (χ4n) is 3.72. The minimum Gasteiger partial charge on any atom is -0.338 e. The highest BCUT2D eigenvalue weighted by atomic mass is 32.1. The lowest BCUT2D eigenvalue weighted by Gasteiger charge is -2.32. The smallest absolute Gasteiger partial charge is 0.314 e. The van der Waals surface area contributed by atoms with E-state index in [9.17, 15) is 13.6 Å². The average molecular weight is 371 g/mol. The van der Waals surface area contributed by atoms with Crippen molar-refractivity contribution in [2.24, 2.45) is 17.3 Å². The van der Waals surface area contributed by atoms with Crippen molar-refractivity contribution < 1.29 is 13.6 Å². The highest BCUT2D eigenvalue weighted by Crippen LogP contribution is 2.65. The number of halogens is 2. The lowest BCUT2D eigenvalue weighted by Crippen LogP contribution is -2.44. The predicted octanol–water partition coefficient (Wildman–Crippen LogP) is 3.55. The second kappa shape index (κ2) is 7.19. The number of piperidine rings is 1. The first-order valence-electron chi connectivity index (χ1n) is 8.95. The number of urea groups is 1. The van der Waals surface area contributed by atoms with Crippen LogP contribution in [0.1, 0.15) is 31.6 Å². The molecule has 140 valence electrons. The molecule has 2 aliphatic rings. The molecule has 0 bridgehead atoms. The van der Waals surface area contributed by atoms with E-state index >= 15 is 0 Å². The van der Waals surface area contributed by atoms with Crippen molar-refractivity contribution in [2.45, 2.75) is 39.2 Å². The molecular weight excluding hydrogens is 344 g/mol. The zero-order valence-electron chi connectivity index (χ0n) is 14.9. The Bertz CT molecular complexity index is 577. The molecule has 2 unspecified atom stereocenters. The summed E-state index contributed by atoms with van der Waals surface area (Å²) in [5.74, 6) is -3.02. The Morgan fingerprint density at radius 1 is 1.36 bits per heavy atom. The molecule has 1 aliphatic heterocycles. The third kappa shape index (κ3) is 4.14. The Hall–Kier alpha value is -1.21. The molecule has 1 saturated heterocycles. The van der Waals surface area contributed by atoms with Gasteiger partial charge in [-0.1, -0.05) is 19.9 Å². The molecule has 2 atom stereocenters. The molecule has 0 radical (unpaired) electrons. The second-order valence-electron chi connectivity index (χ2n) is 7.81. The van der Waals surface area contributed by atoms with Crippen LogP contribution >= 0.6 is 11.3 Å². The fourth-order valence-corrected chi connectivity index (χ4v) is 4.47. The minimum absolute atomic E-state index is 0.0288. The van der Waals surface area contributed by atoms with E-state index in [-0.39, 0.29) is 12.6 Å². The van der Waals surface area contributed by atoms with Gasteiger partial charge >= 0.3 is 6.03 Å². The zero-order chi connectivity index (χ0) is 18.1. The summed E-state index contributed by atoms with van der Waals surface area (Å²) in [5.41, 5.74) is -1.01. The van der Waals surface area contributed by atoms with Gasteiger partial charge in [-0.05, 0) is 36.8 Å². The summed E-state index contributed by atoms with van der Waals surface area (Å²) in [7, 11) is 0. The Morgan fingerprint density at radius 3 is 2.72 bits per heavy atom. The normalized spacial score (nSPS) is 27.7. The largest absolute Gasteiger partial charge is 0.338 e. The van der Waals surface area contributed by atoms with Gasteiger partial charge in [0.1, 0.15) is 0 Å². The molecule has 2 amide bonds. The average Bonchev–Trinajstić information content (AvgIpc) is 2.92. The number of carbonyl (C=O) groups is 1. The van der Waals surface area contributed by atoms with Crippen molar-refractivity contribution in [1.29, 1.82) is 0 Å². The maximum Gasteiger partial charge on any atom is 0.314 e. The maximum atomic E-state index is 13.5. The van der Waals surface area contributed by atoms with Crippen LogP contribution in [0.2, 0.25) is 0 Å². The van der Waals surface area contributed by atoms with E-state index in [2.05, 4.69) is 33.0 Å². The molecule has 0 aromatic carbocycles. The van der Waals surface area contributed by atoms with Gasteiger partial charge in [0, 0.05) is 36.5 Å². The van der Waals surface area contributed by atoms with E-state index in [1.54, 1.807) is 25.2 Å². The van der Waals surface area contributed by atoms with Crippen molar-refractivity contribution in [3.05, 3.63) is 22.4 Å². The monoisotopic (exact) mass is 371 g/mol. The van der Waals surface area contributed by atoms with E-state index in [4.69, 9.17) is 0 Å². The van der Waals surface area contributed by atoms with Crippen LogP contribution in [0.3, 0.4) is 0 Å². The summed E-state index contributed by atoms with van der Waals surface area (Å²) >= 11 is 1.77. The molecule has 2 heterocycles. The van der Waals surface area contributed by atoms with Gasteiger partial charge in [0.25, 0.3) is 5.92 Å². The molecule has 1 saturated carbocycles. The van der Waals surface area contributed by atoms with E-state index in [1.165, 1.54) is 4.88 Å². The number of amides is 2. The van der Waals surface area contributed by atoms with Crippen LogP contribution in [0.15, 0.2) is 17.5 Å². The highest BCUT2D eigenvalue weighted by Gasteiger charge is 2.74. The first-order valence-corrected chi connectivity index (χ1v) is 9.83. The van der Waals surface area contributed by atoms with E-state index in [0.717, 1.165) is 32.5 Å². The van der Waals surface area contributed by atoms with Gasteiger partial charge in [-0.3, -0.25) is 4.90 Å². The topological polar surface area (TPSA) is 44.4 Å². The van der Waals surface area contributed by atoms with Gasteiger partial charge in [-0.15, -0.1) is 11.3 Å². The Kier molecular flexibility index (Phi) is 5.34. The van der Waals surface area contributed by atoms with E-state index in [1.807, 2.05) is 0 Å². The third-order valence-electron chi connectivity index (χ3n) is 5.67. The predicted molar refractivity (Wildman–Crippen MR) is 95.9 cm³/mol. The summed E-state index contributed by atoms with van der Waals surface area (Å²) in [6, 6.07) is 3.88. The van der Waals surface area contributed by atoms with Gasteiger partial charge in [-0.2, -0.15) is 0 Å². The van der Waals surface area contributed by atoms with Gasteiger partial charge in [0.15, 0.2) is 0 Å². The van der Waals surface area contributed by atoms with Crippen molar-refractivity contribution in [2.75, 3.05) is 26.2 Å². The quantitative estimate of drug-likeness (QED) is 0.803. The van der Waals surface area contributed by atoms with Crippen molar-refractivity contribution in [3.63, 3.8) is 0 Å². The van der Waals surface area contributed by atoms with Crippen LogP contribution in [0.5, 0.6) is 0 Å². The lowest BCUT2D eigenvalue weighted by molar-refractivity contribution is 0.0668. The molecule has 2 N–H and O–H groups in total. The number of thiophene rings is 1. The molecule has 1 aliphatic carbocycles. The minimum atomic E-state index is -2.67. The molecule has 25 heavy (non-hydrogen) atoms. The van der Waals surface area contributed by atoms with Gasteiger partial charge < -0.3 is 10.6 Å². The molecule has 0 spiro atoms. The number of likely N-dealkylation sites (tertiary alicyclic amines) is 1. The molecule has 3 rings (SSSR count).